The summed E-state index contributed by atoms with van der Waals surface area (Å²) in [6.45, 7) is 6.63. The van der Waals surface area contributed by atoms with Gasteiger partial charge in [0.25, 0.3) is 0 Å². The minimum Gasteiger partial charge on any atom is -0.376 e. The van der Waals surface area contributed by atoms with Crippen LogP contribution in [0.25, 0.3) is 0 Å². The number of aryl methyl sites for hydroxylation is 1. The summed E-state index contributed by atoms with van der Waals surface area (Å²) in [4.78, 5) is 25.2. The van der Waals surface area contributed by atoms with Gasteiger partial charge in [-0.05, 0) is 37.1 Å². The van der Waals surface area contributed by atoms with Crippen LogP contribution in [0, 0.1) is 6.92 Å². The average molecular weight is 356 g/mol. The molecule has 124 valence electrons. The standard InChI is InChI=1S/C16H19Cl2N3O2/c1-3-16(23)21-5-4-11(9-21)20-15(22)8-19-14-7-13(18)12(17)6-10(14)2/h3,6-7,11,19H,1,4-5,8-9H2,2H3,(H,20,22)/t11-/m0/s1. The SMILES string of the molecule is C=CC(=O)N1CC[C@H](NC(=O)CNc2cc(Cl)c(Cl)cc2C)C1. The maximum Gasteiger partial charge on any atom is 0.246 e. The van der Waals surface area contributed by atoms with Gasteiger partial charge in [-0.15, -0.1) is 0 Å². The van der Waals surface area contributed by atoms with Crippen LogP contribution < -0.4 is 10.6 Å². The molecule has 1 aromatic carbocycles. The third-order valence-corrected chi connectivity index (χ3v) is 4.47. The maximum absolute atomic E-state index is 12.0. The minimum atomic E-state index is -0.131. The zero-order chi connectivity index (χ0) is 17.0. The van der Waals surface area contributed by atoms with E-state index in [0.717, 1.165) is 17.7 Å². The van der Waals surface area contributed by atoms with Crippen LogP contribution >= 0.6 is 23.2 Å². The van der Waals surface area contributed by atoms with Crippen LogP contribution in [0.2, 0.25) is 10.0 Å². The van der Waals surface area contributed by atoms with Crippen molar-refractivity contribution in [3.8, 4) is 0 Å². The Labute approximate surface area is 145 Å². The first-order valence-electron chi connectivity index (χ1n) is 7.31. The molecule has 0 radical (unpaired) electrons. The molecule has 2 rings (SSSR count). The number of likely N-dealkylation sites (tertiary alicyclic amines) is 1. The third kappa shape index (κ3) is 4.62. The molecule has 2 amide bonds. The van der Waals surface area contributed by atoms with Gasteiger partial charge in [-0.1, -0.05) is 29.8 Å². The number of carbonyl (C=O) groups excluding carboxylic acids is 2. The first-order chi connectivity index (χ1) is 10.9. The summed E-state index contributed by atoms with van der Waals surface area (Å²) in [6.07, 6.45) is 2.04. The molecule has 0 unspecified atom stereocenters. The molecule has 1 fully saturated rings. The van der Waals surface area contributed by atoms with Crippen molar-refractivity contribution in [1.82, 2.24) is 10.2 Å². The van der Waals surface area contributed by atoms with Crippen LogP contribution in [-0.2, 0) is 9.59 Å². The molecular formula is C16H19Cl2N3O2. The molecule has 7 heteroatoms. The van der Waals surface area contributed by atoms with Crippen LogP contribution in [0.4, 0.5) is 5.69 Å². The first kappa shape index (κ1) is 17.6. The highest BCUT2D eigenvalue weighted by Crippen LogP contribution is 2.28. The van der Waals surface area contributed by atoms with E-state index in [1.807, 2.05) is 6.92 Å². The molecule has 0 saturated carbocycles. The van der Waals surface area contributed by atoms with E-state index in [-0.39, 0.29) is 24.4 Å². The van der Waals surface area contributed by atoms with Crippen molar-refractivity contribution in [2.24, 2.45) is 0 Å². The van der Waals surface area contributed by atoms with E-state index in [4.69, 9.17) is 23.2 Å². The van der Waals surface area contributed by atoms with Crippen LogP contribution in [0.3, 0.4) is 0 Å². The summed E-state index contributed by atoms with van der Waals surface area (Å²) in [7, 11) is 0. The fraction of sp³-hybridized carbons (Fsp3) is 0.375. The summed E-state index contributed by atoms with van der Waals surface area (Å²) in [6, 6.07) is 3.43. The Morgan fingerprint density at radius 3 is 2.78 bits per heavy atom. The second-order valence-corrected chi connectivity index (χ2v) is 6.29. The van der Waals surface area contributed by atoms with Crippen molar-refractivity contribution in [3.05, 3.63) is 40.4 Å². The number of benzene rings is 1. The second kappa shape index (κ2) is 7.70. The zero-order valence-electron chi connectivity index (χ0n) is 12.9. The number of hydrogen-bond acceptors (Lipinski definition) is 3. The highest BCUT2D eigenvalue weighted by molar-refractivity contribution is 6.42. The number of halogens is 2. The number of hydrogen-bond donors (Lipinski definition) is 2. The molecule has 1 atom stereocenters. The highest BCUT2D eigenvalue weighted by Gasteiger charge is 2.25. The van der Waals surface area contributed by atoms with Crippen LogP contribution in [0.5, 0.6) is 0 Å². The predicted molar refractivity (Wildman–Crippen MR) is 93.0 cm³/mol. The Bertz CT molecular complexity index is 634. The quantitative estimate of drug-likeness (QED) is 0.798. The average Bonchev–Trinajstić information content (AvgIpc) is 2.97. The fourth-order valence-corrected chi connectivity index (χ4v) is 2.88. The predicted octanol–water partition coefficient (Wildman–Crippen LogP) is 2.62. The van der Waals surface area contributed by atoms with E-state index < -0.39 is 0 Å². The Balaban J connectivity index is 1.83. The molecule has 1 saturated heterocycles. The van der Waals surface area contributed by atoms with Crippen LogP contribution in [-0.4, -0.2) is 42.4 Å². The van der Waals surface area contributed by atoms with Gasteiger partial charge in [0.15, 0.2) is 0 Å². The largest absolute Gasteiger partial charge is 0.376 e. The van der Waals surface area contributed by atoms with Gasteiger partial charge in [0.2, 0.25) is 11.8 Å². The van der Waals surface area contributed by atoms with Crippen molar-refractivity contribution in [2.75, 3.05) is 25.0 Å². The lowest BCUT2D eigenvalue weighted by Gasteiger charge is -2.16. The molecule has 1 aliphatic heterocycles. The lowest BCUT2D eigenvalue weighted by molar-refractivity contribution is -0.125. The van der Waals surface area contributed by atoms with Crippen LogP contribution in [0.1, 0.15) is 12.0 Å². The number of nitrogens with one attached hydrogen (secondary N) is 2. The zero-order valence-corrected chi connectivity index (χ0v) is 14.4. The Morgan fingerprint density at radius 2 is 2.09 bits per heavy atom. The van der Waals surface area contributed by atoms with Crippen molar-refractivity contribution < 1.29 is 9.59 Å². The molecule has 0 spiro atoms. The Morgan fingerprint density at radius 1 is 1.39 bits per heavy atom. The molecule has 0 aromatic heterocycles. The van der Waals surface area contributed by atoms with Gasteiger partial charge in [0.05, 0.1) is 16.6 Å². The molecule has 1 aromatic rings. The summed E-state index contributed by atoms with van der Waals surface area (Å²) < 4.78 is 0. The van der Waals surface area contributed by atoms with Gasteiger partial charge in [0, 0.05) is 24.8 Å². The lowest BCUT2D eigenvalue weighted by atomic mass is 10.2. The monoisotopic (exact) mass is 355 g/mol. The minimum absolute atomic E-state index is 0.0249. The Kier molecular flexibility index (Phi) is 5.91. The van der Waals surface area contributed by atoms with Crippen LogP contribution in [0.15, 0.2) is 24.8 Å². The molecule has 0 bridgehead atoms. The Hall–Kier alpha value is -1.72. The van der Waals surface area contributed by atoms with E-state index in [9.17, 15) is 9.59 Å². The van der Waals surface area contributed by atoms with E-state index in [1.165, 1.54) is 6.08 Å². The van der Waals surface area contributed by atoms with Gasteiger partial charge in [-0.2, -0.15) is 0 Å². The first-order valence-corrected chi connectivity index (χ1v) is 8.06. The van der Waals surface area contributed by atoms with E-state index >= 15 is 0 Å². The van der Waals surface area contributed by atoms with E-state index in [0.29, 0.717) is 23.1 Å². The smallest absolute Gasteiger partial charge is 0.246 e. The summed E-state index contributed by atoms with van der Waals surface area (Å²) in [5.41, 5.74) is 1.68. The van der Waals surface area contributed by atoms with Gasteiger partial charge in [0.1, 0.15) is 0 Å². The van der Waals surface area contributed by atoms with Crippen molar-refractivity contribution in [3.63, 3.8) is 0 Å². The molecule has 5 nitrogen and oxygen atoms in total. The maximum atomic E-state index is 12.0. The molecule has 1 aliphatic rings. The van der Waals surface area contributed by atoms with Gasteiger partial charge >= 0.3 is 0 Å². The van der Waals surface area contributed by atoms with Gasteiger partial charge in [-0.25, -0.2) is 0 Å². The number of amides is 2. The third-order valence-electron chi connectivity index (χ3n) is 3.75. The molecule has 2 N–H and O–H groups in total. The number of rotatable bonds is 5. The van der Waals surface area contributed by atoms with Crippen molar-refractivity contribution >= 4 is 40.7 Å². The molecule has 1 heterocycles. The van der Waals surface area contributed by atoms with E-state index in [2.05, 4.69) is 17.2 Å². The normalized spacial score (nSPS) is 17.0. The summed E-state index contributed by atoms with van der Waals surface area (Å²) in [5, 5.41) is 6.89. The lowest BCUT2D eigenvalue weighted by Crippen LogP contribution is -2.40. The second-order valence-electron chi connectivity index (χ2n) is 5.48. The van der Waals surface area contributed by atoms with E-state index in [1.54, 1.807) is 17.0 Å². The number of anilines is 1. The number of nitrogens with zero attached hydrogens (tertiary/aromatic N) is 1. The summed E-state index contributed by atoms with van der Waals surface area (Å²) >= 11 is 11.9. The van der Waals surface area contributed by atoms with Crippen molar-refractivity contribution in [1.29, 1.82) is 0 Å². The van der Waals surface area contributed by atoms with Gasteiger partial charge in [-0.3, -0.25) is 9.59 Å². The topological polar surface area (TPSA) is 61.4 Å². The number of carbonyl (C=O) groups is 2. The highest BCUT2D eigenvalue weighted by atomic mass is 35.5. The molecular weight excluding hydrogens is 337 g/mol. The fourth-order valence-electron chi connectivity index (χ4n) is 2.50. The molecule has 0 aliphatic carbocycles. The summed E-state index contributed by atoms with van der Waals surface area (Å²) in [5.74, 6) is -0.236. The van der Waals surface area contributed by atoms with Gasteiger partial charge < -0.3 is 15.5 Å². The van der Waals surface area contributed by atoms with Crippen molar-refractivity contribution in [2.45, 2.75) is 19.4 Å². The molecule has 23 heavy (non-hydrogen) atoms.